The molecule has 1 aliphatic carbocycles. The fourth-order valence-corrected chi connectivity index (χ4v) is 1.83. The first-order valence-electron chi connectivity index (χ1n) is 5.16. The van der Waals surface area contributed by atoms with Gasteiger partial charge in [0.05, 0.1) is 7.11 Å². The summed E-state index contributed by atoms with van der Waals surface area (Å²) in [5.41, 5.74) is 7.88. The van der Waals surface area contributed by atoms with E-state index in [4.69, 9.17) is 10.5 Å². The van der Waals surface area contributed by atoms with Gasteiger partial charge in [-0.25, -0.2) is 4.39 Å². The second-order valence-corrected chi connectivity index (χ2v) is 4.42. The first-order valence-corrected chi connectivity index (χ1v) is 5.16. The van der Waals surface area contributed by atoms with E-state index in [-0.39, 0.29) is 11.4 Å². The summed E-state index contributed by atoms with van der Waals surface area (Å²) in [7, 11) is 1.50. The van der Waals surface area contributed by atoms with Crippen LogP contribution in [0.1, 0.15) is 24.0 Å². The number of hydrogen-bond donors (Lipinski definition) is 1. The van der Waals surface area contributed by atoms with Crippen molar-refractivity contribution in [2.24, 2.45) is 5.73 Å². The highest BCUT2D eigenvalue weighted by Crippen LogP contribution is 2.39. The van der Waals surface area contributed by atoms with Crippen LogP contribution in [0.2, 0.25) is 0 Å². The highest BCUT2D eigenvalue weighted by Gasteiger charge is 2.39. The minimum atomic E-state index is -0.303. The first-order chi connectivity index (χ1) is 7.06. The van der Waals surface area contributed by atoms with Crippen molar-refractivity contribution in [2.75, 3.05) is 7.11 Å². The molecule has 0 spiro atoms. The van der Waals surface area contributed by atoms with Crippen molar-refractivity contribution in [3.8, 4) is 5.75 Å². The smallest absolute Gasteiger partial charge is 0.165 e. The first kappa shape index (κ1) is 10.4. The van der Waals surface area contributed by atoms with Gasteiger partial charge >= 0.3 is 0 Å². The number of nitrogens with two attached hydrogens (primary N) is 1. The molecular formula is C12H16FNO. The monoisotopic (exact) mass is 209 g/mol. The van der Waals surface area contributed by atoms with Gasteiger partial charge in [0, 0.05) is 11.1 Å². The summed E-state index contributed by atoms with van der Waals surface area (Å²) in [5.74, 6) is 0.0501. The minimum absolute atomic E-state index is 0.119. The largest absolute Gasteiger partial charge is 0.493 e. The van der Waals surface area contributed by atoms with E-state index in [1.807, 2.05) is 6.92 Å². The van der Waals surface area contributed by atoms with E-state index in [9.17, 15) is 4.39 Å². The third-order valence-electron chi connectivity index (χ3n) is 3.07. The zero-order valence-corrected chi connectivity index (χ0v) is 9.14. The third kappa shape index (κ3) is 1.97. The van der Waals surface area contributed by atoms with Crippen LogP contribution in [0.15, 0.2) is 12.1 Å². The van der Waals surface area contributed by atoms with Gasteiger partial charge in [-0.3, -0.25) is 0 Å². The molecule has 0 atom stereocenters. The van der Waals surface area contributed by atoms with Crippen LogP contribution in [0.4, 0.5) is 4.39 Å². The predicted octanol–water partition coefficient (Wildman–Crippen LogP) is 2.18. The Morgan fingerprint density at radius 1 is 1.47 bits per heavy atom. The van der Waals surface area contributed by atoms with Crippen molar-refractivity contribution < 1.29 is 9.13 Å². The second-order valence-electron chi connectivity index (χ2n) is 4.42. The molecule has 1 aromatic carbocycles. The highest BCUT2D eigenvalue weighted by molar-refractivity contribution is 5.42. The van der Waals surface area contributed by atoms with Crippen molar-refractivity contribution in [1.82, 2.24) is 0 Å². The van der Waals surface area contributed by atoms with Crippen LogP contribution in [-0.2, 0) is 6.42 Å². The summed E-state index contributed by atoms with van der Waals surface area (Å²) in [5, 5.41) is 0. The lowest BCUT2D eigenvalue weighted by Gasteiger charge is -2.15. The molecule has 0 unspecified atom stereocenters. The van der Waals surface area contributed by atoms with Gasteiger partial charge < -0.3 is 10.5 Å². The van der Waals surface area contributed by atoms with Gasteiger partial charge in [0.1, 0.15) is 0 Å². The molecule has 2 rings (SSSR count). The van der Waals surface area contributed by atoms with Crippen LogP contribution in [0, 0.1) is 12.7 Å². The van der Waals surface area contributed by atoms with E-state index in [0.29, 0.717) is 12.2 Å². The average Bonchev–Trinajstić information content (AvgIpc) is 2.91. The van der Waals surface area contributed by atoms with E-state index in [0.717, 1.165) is 24.0 Å². The lowest BCUT2D eigenvalue weighted by Crippen LogP contribution is -2.25. The summed E-state index contributed by atoms with van der Waals surface area (Å²) in [4.78, 5) is 0. The van der Waals surface area contributed by atoms with Crippen LogP contribution in [0.5, 0.6) is 5.75 Å². The average molecular weight is 209 g/mol. The molecule has 1 fully saturated rings. The second kappa shape index (κ2) is 3.49. The van der Waals surface area contributed by atoms with E-state index < -0.39 is 0 Å². The Labute approximate surface area is 89.2 Å². The maximum atomic E-state index is 13.5. The van der Waals surface area contributed by atoms with E-state index in [1.165, 1.54) is 13.2 Å². The predicted molar refractivity (Wildman–Crippen MR) is 57.5 cm³/mol. The van der Waals surface area contributed by atoms with Crippen LogP contribution in [0.3, 0.4) is 0 Å². The number of hydrogen-bond acceptors (Lipinski definition) is 2. The fraction of sp³-hybridized carbons (Fsp3) is 0.500. The lowest BCUT2D eigenvalue weighted by molar-refractivity contribution is 0.379. The molecule has 0 bridgehead atoms. The third-order valence-corrected chi connectivity index (χ3v) is 3.07. The molecule has 2 nitrogen and oxygen atoms in total. The van der Waals surface area contributed by atoms with Crippen LogP contribution in [-0.4, -0.2) is 12.6 Å². The molecule has 0 saturated heterocycles. The SMILES string of the molecule is COc1c(F)ccc(C)c1CC1(N)CC1. The van der Waals surface area contributed by atoms with Crippen molar-refractivity contribution >= 4 is 0 Å². The maximum absolute atomic E-state index is 13.5. The van der Waals surface area contributed by atoms with Crippen LogP contribution in [0.25, 0.3) is 0 Å². The molecule has 82 valence electrons. The molecular weight excluding hydrogens is 193 g/mol. The standard InChI is InChI=1S/C12H16FNO/c1-8-3-4-10(13)11(15-2)9(8)7-12(14)5-6-12/h3-4H,5-7,14H2,1-2H3. The Hall–Kier alpha value is -1.09. The summed E-state index contributed by atoms with van der Waals surface area (Å²) < 4.78 is 18.6. The van der Waals surface area contributed by atoms with Crippen molar-refractivity contribution in [3.63, 3.8) is 0 Å². The highest BCUT2D eigenvalue weighted by atomic mass is 19.1. The Balaban J connectivity index is 2.38. The number of halogens is 1. The summed E-state index contributed by atoms with van der Waals surface area (Å²) in [6.07, 6.45) is 2.75. The molecule has 2 N–H and O–H groups in total. The molecule has 3 heteroatoms. The fourth-order valence-electron chi connectivity index (χ4n) is 1.83. The molecule has 1 saturated carbocycles. The summed E-state index contributed by atoms with van der Waals surface area (Å²) in [6, 6.07) is 3.21. The Morgan fingerprint density at radius 2 is 2.13 bits per heavy atom. The van der Waals surface area contributed by atoms with E-state index in [1.54, 1.807) is 6.07 Å². The minimum Gasteiger partial charge on any atom is -0.493 e. The molecule has 0 aromatic heterocycles. The number of benzene rings is 1. The maximum Gasteiger partial charge on any atom is 0.165 e. The topological polar surface area (TPSA) is 35.2 Å². The number of methoxy groups -OCH3 is 1. The van der Waals surface area contributed by atoms with Gasteiger partial charge in [-0.1, -0.05) is 6.07 Å². The summed E-state index contributed by atoms with van der Waals surface area (Å²) >= 11 is 0. The molecule has 15 heavy (non-hydrogen) atoms. The molecule has 0 heterocycles. The summed E-state index contributed by atoms with van der Waals surface area (Å²) in [6.45, 7) is 1.96. The van der Waals surface area contributed by atoms with Gasteiger partial charge in [-0.2, -0.15) is 0 Å². The van der Waals surface area contributed by atoms with Crippen LogP contribution >= 0.6 is 0 Å². The lowest BCUT2D eigenvalue weighted by atomic mass is 9.99. The van der Waals surface area contributed by atoms with Crippen LogP contribution < -0.4 is 10.5 Å². The molecule has 1 aromatic rings. The normalized spacial score (nSPS) is 17.6. The van der Waals surface area contributed by atoms with Crippen molar-refractivity contribution in [3.05, 3.63) is 29.1 Å². The molecule has 1 aliphatic rings. The zero-order chi connectivity index (χ0) is 11.1. The molecule has 0 radical (unpaired) electrons. The number of rotatable bonds is 3. The zero-order valence-electron chi connectivity index (χ0n) is 9.14. The van der Waals surface area contributed by atoms with Crippen molar-refractivity contribution in [2.45, 2.75) is 31.7 Å². The Morgan fingerprint density at radius 3 is 2.67 bits per heavy atom. The number of aryl methyl sites for hydroxylation is 1. The van der Waals surface area contributed by atoms with Crippen molar-refractivity contribution in [1.29, 1.82) is 0 Å². The van der Waals surface area contributed by atoms with E-state index >= 15 is 0 Å². The molecule has 0 amide bonds. The van der Waals surface area contributed by atoms with Gasteiger partial charge in [0.15, 0.2) is 11.6 Å². The van der Waals surface area contributed by atoms with Gasteiger partial charge in [-0.15, -0.1) is 0 Å². The number of ether oxygens (including phenoxy) is 1. The Bertz CT molecular complexity index is 385. The Kier molecular flexibility index (Phi) is 2.43. The van der Waals surface area contributed by atoms with Gasteiger partial charge in [0.25, 0.3) is 0 Å². The van der Waals surface area contributed by atoms with E-state index in [2.05, 4.69) is 0 Å². The quantitative estimate of drug-likeness (QED) is 0.828. The van der Waals surface area contributed by atoms with Gasteiger partial charge in [-0.05, 0) is 37.8 Å². The molecule has 0 aliphatic heterocycles. The van der Waals surface area contributed by atoms with Gasteiger partial charge in [0.2, 0.25) is 0 Å².